The Bertz CT molecular complexity index is 796. The number of hydrogen-bond donors (Lipinski definition) is 2. The Morgan fingerprint density at radius 1 is 1.38 bits per heavy atom. The van der Waals surface area contributed by atoms with Gasteiger partial charge in [0.2, 0.25) is 0 Å². The zero-order valence-corrected chi connectivity index (χ0v) is 13.3. The van der Waals surface area contributed by atoms with Gasteiger partial charge in [-0.05, 0) is 42.8 Å². The first-order valence-corrected chi connectivity index (χ1v) is 7.63. The van der Waals surface area contributed by atoms with Crippen LogP contribution in [0.5, 0.6) is 0 Å². The number of hydrogen-bond acceptors (Lipinski definition) is 3. The van der Waals surface area contributed by atoms with Crippen molar-refractivity contribution in [2.75, 3.05) is 6.54 Å². The molecule has 21 heavy (non-hydrogen) atoms. The zero-order valence-electron chi connectivity index (χ0n) is 11.7. The van der Waals surface area contributed by atoms with Crippen molar-refractivity contribution in [1.82, 2.24) is 14.9 Å². The van der Waals surface area contributed by atoms with Gasteiger partial charge in [-0.2, -0.15) is 0 Å². The van der Waals surface area contributed by atoms with Crippen molar-refractivity contribution in [3.8, 4) is 0 Å². The van der Waals surface area contributed by atoms with Gasteiger partial charge in [0.1, 0.15) is 0 Å². The molecule has 0 bridgehead atoms. The monoisotopic (exact) mass is 321 g/mol. The van der Waals surface area contributed by atoms with Crippen molar-refractivity contribution >= 4 is 23.8 Å². The highest BCUT2D eigenvalue weighted by atomic mass is 35.5. The van der Waals surface area contributed by atoms with Gasteiger partial charge in [0.05, 0.1) is 0 Å². The van der Waals surface area contributed by atoms with Crippen LogP contribution in [-0.2, 0) is 19.5 Å². The van der Waals surface area contributed by atoms with Crippen LogP contribution in [0.4, 0.5) is 0 Å². The van der Waals surface area contributed by atoms with E-state index in [1.165, 1.54) is 5.56 Å². The van der Waals surface area contributed by atoms with Crippen molar-refractivity contribution in [1.29, 1.82) is 0 Å². The van der Waals surface area contributed by atoms with Crippen molar-refractivity contribution in [2.24, 2.45) is 0 Å². The highest BCUT2D eigenvalue weighted by Gasteiger charge is 2.19. The second-order valence-corrected chi connectivity index (χ2v) is 6.22. The smallest absolute Gasteiger partial charge is 0.255 e. The summed E-state index contributed by atoms with van der Waals surface area (Å²) < 4.78 is 0.388. The first-order valence-electron chi connectivity index (χ1n) is 6.84. The maximum Gasteiger partial charge on any atom is 0.255 e. The summed E-state index contributed by atoms with van der Waals surface area (Å²) in [6.45, 7) is 4.36. The van der Waals surface area contributed by atoms with Gasteiger partial charge < -0.3 is 4.98 Å². The van der Waals surface area contributed by atoms with E-state index in [0.717, 1.165) is 41.4 Å². The molecule has 110 valence electrons. The summed E-state index contributed by atoms with van der Waals surface area (Å²) >= 11 is 11.2. The Balaban J connectivity index is 1.81. The third-order valence-corrected chi connectivity index (χ3v) is 4.44. The van der Waals surface area contributed by atoms with Crippen LogP contribution in [0, 0.1) is 11.7 Å². The molecule has 0 aliphatic carbocycles. The lowest BCUT2D eigenvalue weighted by Gasteiger charge is -2.27. The summed E-state index contributed by atoms with van der Waals surface area (Å²) in [7, 11) is 0. The van der Waals surface area contributed by atoms with Gasteiger partial charge in [-0.3, -0.25) is 14.7 Å². The first kappa shape index (κ1) is 14.5. The molecule has 2 heterocycles. The van der Waals surface area contributed by atoms with E-state index in [-0.39, 0.29) is 5.56 Å². The summed E-state index contributed by atoms with van der Waals surface area (Å²) in [6, 6.07) is 6.14. The van der Waals surface area contributed by atoms with Gasteiger partial charge in [0.15, 0.2) is 4.77 Å². The minimum absolute atomic E-state index is 0.0632. The standard InChI is InChI=1S/C15H16ClN3OS/c1-9-2-3-10(6-12(9)16)7-19-5-4-11-13(8-19)17-15(21)18-14(11)20/h2-3,6H,4-5,7-8H2,1H3,(H2,17,18,20,21). The van der Waals surface area contributed by atoms with Crippen molar-refractivity contribution in [2.45, 2.75) is 26.4 Å². The van der Waals surface area contributed by atoms with E-state index in [0.29, 0.717) is 11.3 Å². The number of halogens is 1. The van der Waals surface area contributed by atoms with Crippen LogP contribution in [0.2, 0.25) is 5.02 Å². The fraction of sp³-hybridized carbons (Fsp3) is 0.333. The molecule has 0 fully saturated rings. The van der Waals surface area contributed by atoms with Crippen LogP contribution >= 0.6 is 23.8 Å². The van der Waals surface area contributed by atoms with Crippen molar-refractivity contribution in [3.05, 3.63) is 60.7 Å². The molecule has 4 nitrogen and oxygen atoms in total. The highest BCUT2D eigenvalue weighted by molar-refractivity contribution is 7.71. The number of nitrogens with one attached hydrogen (secondary N) is 2. The molecule has 0 spiro atoms. The minimum Gasteiger partial charge on any atom is -0.334 e. The van der Waals surface area contributed by atoms with E-state index in [1.54, 1.807) is 0 Å². The number of H-pyrrole nitrogens is 2. The maximum absolute atomic E-state index is 11.9. The van der Waals surface area contributed by atoms with Crippen LogP contribution in [0.25, 0.3) is 0 Å². The van der Waals surface area contributed by atoms with Gasteiger partial charge in [0, 0.05) is 35.9 Å². The van der Waals surface area contributed by atoms with Gasteiger partial charge in [-0.25, -0.2) is 0 Å². The molecule has 0 atom stereocenters. The van der Waals surface area contributed by atoms with Gasteiger partial charge in [0.25, 0.3) is 5.56 Å². The number of fused-ring (bicyclic) bond motifs is 1. The lowest BCUT2D eigenvalue weighted by atomic mass is 10.1. The average Bonchev–Trinajstić information content (AvgIpc) is 2.42. The normalized spacial score (nSPS) is 15.0. The fourth-order valence-corrected chi connectivity index (χ4v) is 3.08. The van der Waals surface area contributed by atoms with Gasteiger partial charge in [-0.15, -0.1) is 0 Å². The molecular weight excluding hydrogens is 306 g/mol. The van der Waals surface area contributed by atoms with E-state index in [2.05, 4.69) is 20.9 Å². The molecule has 6 heteroatoms. The van der Waals surface area contributed by atoms with Crippen LogP contribution in [-0.4, -0.2) is 21.4 Å². The fourth-order valence-electron chi connectivity index (χ4n) is 2.66. The number of nitrogens with zero attached hydrogens (tertiary/aromatic N) is 1. The number of aromatic nitrogens is 2. The number of aryl methyl sites for hydroxylation is 1. The van der Waals surface area contributed by atoms with Crippen molar-refractivity contribution in [3.63, 3.8) is 0 Å². The second-order valence-electron chi connectivity index (χ2n) is 5.41. The number of aromatic amines is 2. The maximum atomic E-state index is 11.9. The SMILES string of the molecule is Cc1ccc(CN2CCc3c([nH]c(=S)[nH]c3=O)C2)cc1Cl. The summed E-state index contributed by atoms with van der Waals surface area (Å²) in [5.74, 6) is 0. The Kier molecular flexibility index (Phi) is 3.97. The van der Waals surface area contributed by atoms with Crippen LogP contribution in [0.15, 0.2) is 23.0 Å². The zero-order chi connectivity index (χ0) is 15.0. The molecule has 1 aromatic heterocycles. The minimum atomic E-state index is -0.0632. The molecule has 0 saturated carbocycles. The lowest BCUT2D eigenvalue weighted by molar-refractivity contribution is 0.240. The van der Waals surface area contributed by atoms with Crippen molar-refractivity contribution < 1.29 is 0 Å². The van der Waals surface area contributed by atoms with Gasteiger partial charge in [-0.1, -0.05) is 23.7 Å². The summed E-state index contributed by atoms with van der Waals surface area (Å²) in [4.78, 5) is 19.9. The molecule has 0 saturated heterocycles. The van der Waals surface area contributed by atoms with Crippen LogP contribution < -0.4 is 5.56 Å². The molecule has 1 aromatic carbocycles. The molecule has 2 N–H and O–H groups in total. The molecule has 0 radical (unpaired) electrons. The summed E-state index contributed by atoms with van der Waals surface area (Å²) in [5, 5.41) is 0.792. The Labute approximate surface area is 132 Å². The molecular formula is C15H16ClN3OS. The third-order valence-electron chi connectivity index (χ3n) is 3.83. The molecule has 1 aliphatic rings. The lowest BCUT2D eigenvalue weighted by Crippen LogP contribution is -2.34. The van der Waals surface area contributed by atoms with E-state index >= 15 is 0 Å². The molecule has 2 aromatic rings. The molecule has 3 rings (SSSR count). The van der Waals surface area contributed by atoms with Crippen LogP contribution in [0.3, 0.4) is 0 Å². The molecule has 1 aliphatic heterocycles. The third kappa shape index (κ3) is 3.10. The van der Waals surface area contributed by atoms with E-state index in [1.807, 2.05) is 19.1 Å². The average molecular weight is 322 g/mol. The van der Waals surface area contributed by atoms with E-state index < -0.39 is 0 Å². The number of benzene rings is 1. The Hall–Kier alpha value is -1.43. The molecule has 0 unspecified atom stereocenters. The number of rotatable bonds is 2. The topological polar surface area (TPSA) is 51.9 Å². The van der Waals surface area contributed by atoms with Crippen LogP contribution in [0.1, 0.15) is 22.4 Å². The predicted molar refractivity (Wildman–Crippen MR) is 86.3 cm³/mol. The first-order chi connectivity index (χ1) is 10.0. The largest absolute Gasteiger partial charge is 0.334 e. The quantitative estimate of drug-likeness (QED) is 0.836. The van der Waals surface area contributed by atoms with E-state index in [4.69, 9.17) is 23.8 Å². The highest BCUT2D eigenvalue weighted by Crippen LogP contribution is 2.20. The Morgan fingerprint density at radius 3 is 2.95 bits per heavy atom. The summed E-state index contributed by atoms with van der Waals surface area (Å²) in [6.07, 6.45) is 0.733. The molecule has 0 amide bonds. The summed E-state index contributed by atoms with van der Waals surface area (Å²) in [5.41, 5.74) is 3.94. The second kappa shape index (κ2) is 5.75. The Morgan fingerprint density at radius 2 is 2.19 bits per heavy atom. The van der Waals surface area contributed by atoms with Gasteiger partial charge >= 0.3 is 0 Å². The van der Waals surface area contributed by atoms with E-state index in [9.17, 15) is 4.79 Å². The predicted octanol–water partition coefficient (Wildman–Crippen LogP) is 2.95.